The molecule has 2 rings (SSSR count). The second-order valence-electron chi connectivity index (χ2n) is 4.21. The van der Waals surface area contributed by atoms with Crippen LogP contribution in [-0.4, -0.2) is 39.5 Å². The van der Waals surface area contributed by atoms with E-state index in [1.165, 1.54) is 33.6 Å². The van der Waals surface area contributed by atoms with E-state index in [2.05, 4.69) is 0 Å². The summed E-state index contributed by atoms with van der Waals surface area (Å²) in [7, 11) is 3.59. The van der Waals surface area contributed by atoms with Crippen molar-refractivity contribution in [1.29, 1.82) is 0 Å². The molecule has 0 N–H and O–H groups in total. The number of esters is 1. The van der Waals surface area contributed by atoms with E-state index in [1.807, 2.05) is 0 Å². The first kappa shape index (κ1) is 14.7. The molecular weight excluding hydrogens is 278 g/mol. The van der Waals surface area contributed by atoms with Crippen LogP contribution in [0.25, 0.3) is 6.08 Å². The zero-order chi connectivity index (χ0) is 15.6. The van der Waals surface area contributed by atoms with Crippen LogP contribution in [0.15, 0.2) is 24.4 Å². The maximum Gasteiger partial charge on any atom is 0.536 e. The molecule has 7 heteroatoms. The van der Waals surface area contributed by atoms with E-state index in [0.717, 1.165) is 0 Å². The van der Waals surface area contributed by atoms with Crippen molar-refractivity contribution in [3.8, 4) is 0 Å². The standard InChI is InChI=1S/C14H14NO6/c1-19-12(16)10-5-4-6-11-9(10)7-8-15(11,13(17)20-2)14(18)21-3/h4-8H,1-3H3/q+1. The van der Waals surface area contributed by atoms with Crippen molar-refractivity contribution in [3.05, 3.63) is 35.5 Å². The van der Waals surface area contributed by atoms with Crippen LogP contribution in [-0.2, 0) is 14.2 Å². The first-order valence-corrected chi connectivity index (χ1v) is 5.99. The normalized spacial score (nSPS) is 14.2. The molecule has 1 aliphatic rings. The molecule has 0 aromatic heterocycles. The van der Waals surface area contributed by atoms with Gasteiger partial charge in [0.2, 0.25) is 0 Å². The summed E-state index contributed by atoms with van der Waals surface area (Å²) < 4.78 is 13.2. The van der Waals surface area contributed by atoms with Gasteiger partial charge in [0, 0.05) is 12.1 Å². The Morgan fingerprint density at radius 1 is 0.952 bits per heavy atom. The number of ether oxygens (including phenoxy) is 3. The topological polar surface area (TPSA) is 78.9 Å². The minimum absolute atomic E-state index is 0.249. The van der Waals surface area contributed by atoms with Crippen LogP contribution in [0.5, 0.6) is 0 Å². The van der Waals surface area contributed by atoms with Crippen LogP contribution in [0.2, 0.25) is 0 Å². The molecule has 21 heavy (non-hydrogen) atoms. The third-order valence-corrected chi connectivity index (χ3v) is 3.26. The van der Waals surface area contributed by atoms with Crippen LogP contribution >= 0.6 is 0 Å². The molecular formula is C14H14NO6+. The van der Waals surface area contributed by atoms with E-state index < -0.39 is 22.6 Å². The largest absolute Gasteiger partial charge is 0.536 e. The predicted octanol–water partition coefficient (Wildman–Crippen LogP) is 2.30. The molecule has 0 spiro atoms. The highest BCUT2D eigenvalue weighted by Crippen LogP contribution is 2.39. The van der Waals surface area contributed by atoms with Crippen molar-refractivity contribution >= 4 is 29.9 Å². The summed E-state index contributed by atoms with van der Waals surface area (Å²) in [5, 5.41) is 0. The summed E-state index contributed by atoms with van der Waals surface area (Å²) in [6.07, 6.45) is 1.14. The van der Waals surface area contributed by atoms with E-state index in [0.29, 0.717) is 5.56 Å². The van der Waals surface area contributed by atoms with Crippen molar-refractivity contribution in [2.45, 2.75) is 0 Å². The van der Waals surface area contributed by atoms with Crippen LogP contribution in [0.1, 0.15) is 15.9 Å². The third kappa shape index (κ3) is 1.98. The number of amides is 2. The molecule has 1 aliphatic heterocycles. The lowest BCUT2D eigenvalue weighted by Gasteiger charge is -2.22. The zero-order valence-corrected chi connectivity index (χ0v) is 11.8. The van der Waals surface area contributed by atoms with E-state index in [1.54, 1.807) is 18.2 Å². The highest BCUT2D eigenvalue weighted by atomic mass is 16.6. The number of nitrogens with zero attached hydrogens (tertiary/aromatic N) is 1. The fraction of sp³-hybridized carbons (Fsp3) is 0.214. The first-order valence-electron chi connectivity index (χ1n) is 5.99. The van der Waals surface area contributed by atoms with Crippen molar-refractivity contribution in [1.82, 2.24) is 4.48 Å². The van der Waals surface area contributed by atoms with Gasteiger partial charge in [-0.25, -0.2) is 4.79 Å². The maximum absolute atomic E-state index is 12.1. The zero-order valence-electron chi connectivity index (χ0n) is 11.8. The second-order valence-corrected chi connectivity index (χ2v) is 4.21. The minimum atomic E-state index is -0.896. The fourth-order valence-corrected chi connectivity index (χ4v) is 2.27. The van der Waals surface area contributed by atoms with Crippen molar-refractivity contribution < 1.29 is 28.6 Å². The van der Waals surface area contributed by atoms with Gasteiger partial charge in [-0.1, -0.05) is 10.5 Å². The molecule has 0 radical (unpaired) electrons. The molecule has 0 saturated heterocycles. The number of hydrogen-bond acceptors (Lipinski definition) is 6. The predicted molar refractivity (Wildman–Crippen MR) is 73.4 cm³/mol. The molecule has 0 fully saturated rings. The van der Waals surface area contributed by atoms with E-state index >= 15 is 0 Å². The van der Waals surface area contributed by atoms with Crippen molar-refractivity contribution in [3.63, 3.8) is 0 Å². The Hall–Kier alpha value is -2.67. The lowest BCUT2D eigenvalue weighted by molar-refractivity contribution is 0.0600. The smallest absolute Gasteiger partial charge is 0.465 e. The van der Waals surface area contributed by atoms with E-state index in [9.17, 15) is 14.4 Å². The Kier molecular flexibility index (Phi) is 3.77. The number of hydrogen-bond donors (Lipinski definition) is 0. The number of fused-ring (bicyclic) bond motifs is 1. The lowest BCUT2D eigenvalue weighted by Crippen LogP contribution is -2.53. The molecule has 0 atom stereocenters. The van der Waals surface area contributed by atoms with Crippen molar-refractivity contribution in [2.75, 3.05) is 21.3 Å². The highest BCUT2D eigenvalue weighted by Gasteiger charge is 2.53. The van der Waals surface area contributed by atoms with Gasteiger partial charge in [0.05, 0.1) is 32.5 Å². The number of methoxy groups -OCH3 is 3. The number of benzene rings is 1. The third-order valence-electron chi connectivity index (χ3n) is 3.26. The Bertz CT molecular complexity index is 633. The van der Waals surface area contributed by atoms with E-state index in [4.69, 9.17) is 14.2 Å². The average molecular weight is 292 g/mol. The van der Waals surface area contributed by atoms with Crippen LogP contribution in [0.4, 0.5) is 15.3 Å². The molecule has 0 saturated carbocycles. The summed E-state index contributed by atoms with van der Waals surface area (Å²) in [6.45, 7) is 0. The molecule has 110 valence electrons. The maximum atomic E-state index is 12.1. The average Bonchev–Trinajstić information content (AvgIpc) is 2.93. The summed E-state index contributed by atoms with van der Waals surface area (Å²) >= 11 is 0. The molecule has 1 aromatic rings. The number of quaternary nitrogens is 1. The first-order chi connectivity index (χ1) is 10.0. The van der Waals surface area contributed by atoms with Crippen molar-refractivity contribution in [2.24, 2.45) is 0 Å². The second kappa shape index (κ2) is 5.37. The number of carbonyl (C=O) groups excluding carboxylic acids is 3. The van der Waals surface area contributed by atoms with Gasteiger partial charge in [0.25, 0.3) is 0 Å². The Morgan fingerprint density at radius 3 is 2.10 bits per heavy atom. The van der Waals surface area contributed by atoms with Gasteiger partial charge in [0.15, 0.2) is 5.69 Å². The van der Waals surface area contributed by atoms with Gasteiger partial charge in [-0.15, -0.1) is 0 Å². The molecule has 1 heterocycles. The van der Waals surface area contributed by atoms with Gasteiger partial charge in [0.1, 0.15) is 6.20 Å². The fourth-order valence-electron chi connectivity index (χ4n) is 2.27. The van der Waals surface area contributed by atoms with Crippen LogP contribution in [0, 0.1) is 0 Å². The van der Waals surface area contributed by atoms with Gasteiger partial charge >= 0.3 is 18.2 Å². The Morgan fingerprint density at radius 2 is 1.57 bits per heavy atom. The summed E-state index contributed by atoms with van der Waals surface area (Å²) in [4.78, 5) is 36.0. The van der Waals surface area contributed by atoms with Gasteiger partial charge < -0.3 is 14.2 Å². The quantitative estimate of drug-likeness (QED) is 0.449. The monoisotopic (exact) mass is 292 g/mol. The Balaban J connectivity index is 2.69. The lowest BCUT2D eigenvalue weighted by atomic mass is 10.1. The SMILES string of the molecule is COC(=O)c1cccc2c1C=C[N+]2(C(=O)OC)C(=O)OC. The van der Waals surface area contributed by atoms with E-state index in [-0.39, 0.29) is 11.3 Å². The summed E-state index contributed by atoms with van der Waals surface area (Å²) in [6, 6.07) is 4.65. The number of rotatable bonds is 1. The molecule has 1 aromatic carbocycles. The molecule has 0 unspecified atom stereocenters. The number of imide groups is 1. The minimum Gasteiger partial charge on any atom is -0.465 e. The number of carbonyl (C=O) groups is 3. The highest BCUT2D eigenvalue weighted by molar-refractivity contribution is 6.11. The van der Waals surface area contributed by atoms with Gasteiger partial charge in [-0.05, 0) is 6.07 Å². The molecule has 0 aliphatic carbocycles. The Labute approximate surface area is 120 Å². The molecule has 0 bridgehead atoms. The molecule has 7 nitrogen and oxygen atoms in total. The summed E-state index contributed by atoms with van der Waals surface area (Å²) in [5.74, 6) is -0.564. The van der Waals surface area contributed by atoms with Gasteiger partial charge in [-0.2, -0.15) is 9.59 Å². The van der Waals surface area contributed by atoms with Crippen LogP contribution in [0.3, 0.4) is 0 Å². The summed E-state index contributed by atoms with van der Waals surface area (Å²) in [5.41, 5.74) is 0.941. The molecule has 2 amide bonds. The van der Waals surface area contributed by atoms with Gasteiger partial charge in [-0.3, -0.25) is 0 Å². The van der Waals surface area contributed by atoms with Crippen LogP contribution < -0.4 is 4.48 Å².